The van der Waals surface area contributed by atoms with E-state index in [-0.39, 0.29) is 0 Å². The molecule has 2 aromatic rings. The average molecular weight is 268 g/mol. The van der Waals surface area contributed by atoms with Gasteiger partial charge >= 0.3 is 0 Å². The number of ether oxygens (including phenoxy) is 1. The molecule has 0 unspecified atom stereocenters. The summed E-state index contributed by atoms with van der Waals surface area (Å²) in [5, 5.41) is 7.93. The Labute approximate surface area is 110 Å². The van der Waals surface area contributed by atoms with Gasteiger partial charge in [-0.3, -0.25) is 0 Å². The second kappa shape index (κ2) is 5.70. The first kappa shape index (κ1) is 12.7. The quantitative estimate of drug-likeness (QED) is 0.804. The summed E-state index contributed by atoms with van der Waals surface area (Å²) in [7, 11) is 1.63. The minimum absolute atomic E-state index is 0.317. The standard InChI is InChI=1S/C11H14ClN5O/c1-18-7-6-14-11-15-10(13)17(16-11)9-4-2-8(12)3-5-9/h2-5H,6-7H2,1H3,(H3,13,14,15,16). The molecule has 0 fully saturated rings. The summed E-state index contributed by atoms with van der Waals surface area (Å²) in [4.78, 5) is 4.11. The van der Waals surface area contributed by atoms with E-state index in [0.29, 0.717) is 30.1 Å². The lowest BCUT2D eigenvalue weighted by atomic mass is 10.3. The average Bonchev–Trinajstić information content (AvgIpc) is 2.72. The lowest BCUT2D eigenvalue weighted by molar-refractivity contribution is 0.210. The Hall–Kier alpha value is -1.79. The molecule has 2 rings (SSSR count). The van der Waals surface area contributed by atoms with E-state index in [2.05, 4.69) is 15.4 Å². The van der Waals surface area contributed by atoms with Crippen LogP contribution in [0.15, 0.2) is 24.3 Å². The number of nitrogens with two attached hydrogens (primary N) is 1. The Kier molecular flexibility index (Phi) is 4.01. The molecular formula is C11H14ClN5O. The summed E-state index contributed by atoms with van der Waals surface area (Å²) in [5.74, 6) is 0.789. The highest BCUT2D eigenvalue weighted by atomic mass is 35.5. The summed E-state index contributed by atoms with van der Waals surface area (Å²) in [5.41, 5.74) is 6.61. The van der Waals surface area contributed by atoms with Crippen LogP contribution in [0.1, 0.15) is 0 Å². The third kappa shape index (κ3) is 2.91. The van der Waals surface area contributed by atoms with Gasteiger partial charge < -0.3 is 15.8 Å². The molecule has 0 saturated carbocycles. The molecule has 0 aliphatic rings. The van der Waals surface area contributed by atoms with Crippen molar-refractivity contribution in [1.82, 2.24) is 14.8 Å². The maximum Gasteiger partial charge on any atom is 0.244 e. The van der Waals surface area contributed by atoms with Gasteiger partial charge in [-0.1, -0.05) is 11.6 Å². The molecule has 0 radical (unpaired) electrons. The summed E-state index contributed by atoms with van der Waals surface area (Å²) in [6.07, 6.45) is 0. The number of nitrogens with one attached hydrogen (secondary N) is 1. The molecule has 0 bridgehead atoms. The maximum atomic E-state index is 5.83. The third-order valence-corrected chi connectivity index (χ3v) is 2.54. The Morgan fingerprint density at radius 3 is 2.78 bits per heavy atom. The number of nitrogen functional groups attached to an aromatic ring is 1. The van der Waals surface area contributed by atoms with Crippen LogP contribution < -0.4 is 11.1 Å². The molecule has 0 saturated heterocycles. The second-order valence-electron chi connectivity index (χ2n) is 3.60. The molecule has 1 aromatic carbocycles. The Bertz CT molecular complexity index is 511. The minimum Gasteiger partial charge on any atom is -0.383 e. The second-order valence-corrected chi connectivity index (χ2v) is 4.04. The predicted octanol–water partition coefficient (Wildman–Crippen LogP) is 1.56. The number of hydrogen-bond donors (Lipinski definition) is 2. The van der Waals surface area contributed by atoms with Crippen LogP contribution in [0.3, 0.4) is 0 Å². The van der Waals surface area contributed by atoms with Crippen molar-refractivity contribution in [2.75, 3.05) is 31.3 Å². The topological polar surface area (TPSA) is 78.0 Å². The molecule has 1 heterocycles. The van der Waals surface area contributed by atoms with Crippen LogP contribution >= 0.6 is 11.6 Å². The highest BCUT2D eigenvalue weighted by Crippen LogP contribution is 2.16. The summed E-state index contributed by atoms with van der Waals surface area (Å²) in [6, 6.07) is 7.20. The zero-order valence-electron chi connectivity index (χ0n) is 9.93. The number of aromatic nitrogens is 3. The van der Waals surface area contributed by atoms with Gasteiger partial charge in [0, 0.05) is 18.7 Å². The number of halogens is 1. The van der Waals surface area contributed by atoms with Crippen molar-refractivity contribution in [3.63, 3.8) is 0 Å². The van der Waals surface area contributed by atoms with E-state index in [1.54, 1.807) is 23.9 Å². The van der Waals surface area contributed by atoms with E-state index in [1.165, 1.54) is 0 Å². The normalized spacial score (nSPS) is 10.6. The zero-order valence-corrected chi connectivity index (χ0v) is 10.7. The summed E-state index contributed by atoms with van der Waals surface area (Å²) < 4.78 is 6.47. The predicted molar refractivity (Wildman–Crippen MR) is 71.1 cm³/mol. The molecule has 18 heavy (non-hydrogen) atoms. The van der Waals surface area contributed by atoms with Gasteiger partial charge in [0.1, 0.15) is 0 Å². The van der Waals surface area contributed by atoms with Gasteiger partial charge in [0.05, 0.1) is 12.3 Å². The lowest BCUT2D eigenvalue weighted by Crippen LogP contribution is -2.09. The fourth-order valence-electron chi connectivity index (χ4n) is 1.44. The molecule has 0 aliphatic carbocycles. The molecule has 0 amide bonds. The molecule has 6 nitrogen and oxygen atoms in total. The van der Waals surface area contributed by atoms with Crippen LogP contribution in [0.25, 0.3) is 5.69 Å². The molecule has 1 aromatic heterocycles. The van der Waals surface area contributed by atoms with E-state index >= 15 is 0 Å². The number of nitrogens with zero attached hydrogens (tertiary/aromatic N) is 3. The van der Waals surface area contributed by atoms with Crippen molar-refractivity contribution in [1.29, 1.82) is 0 Å². The fourth-order valence-corrected chi connectivity index (χ4v) is 1.56. The highest BCUT2D eigenvalue weighted by Gasteiger charge is 2.08. The van der Waals surface area contributed by atoms with E-state index in [0.717, 1.165) is 5.69 Å². The number of anilines is 2. The van der Waals surface area contributed by atoms with Crippen LogP contribution in [0.4, 0.5) is 11.9 Å². The Morgan fingerprint density at radius 1 is 1.39 bits per heavy atom. The van der Waals surface area contributed by atoms with Gasteiger partial charge in [0.2, 0.25) is 11.9 Å². The summed E-state index contributed by atoms with van der Waals surface area (Å²) >= 11 is 5.83. The first-order valence-electron chi connectivity index (χ1n) is 5.42. The van der Waals surface area contributed by atoms with E-state index in [1.807, 2.05) is 12.1 Å². The smallest absolute Gasteiger partial charge is 0.244 e. The molecule has 0 atom stereocenters. The first-order chi connectivity index (χ1) is 8.70. The molecular weight excluding hydrogens is 254 g/mol. The van der Waals surface area contributed by atoms with Crippen LogP contribution in [-0.4, -0.2) is 35.0 Å². The Balaban J connectivity index is 2.16. The van der Waals surface area contributed by atoms with Crippen molar-refractivity contribution in [2.24, 2.45) is 0 Å². The van der Waals surface area contributed by atoms with E-state index < -0.39 is 0 Å². The SMILES string of the molecule is COCCNc1nc(N)n(-c2ccc(Cl)cc2)n1. The van der Waals surface area contributed by atoms with Crippen molar-refractivity contribution in [3.8, 4) is 5.69 Å². The Morgan fingerprint density at radius 2 is 2.11 bits per heavy atom. The van der Waals surface area contributed by atoms with E-state index in [9.17, 15) is 0 Å². The zero-order chi connectivity index (χ0) is 13.0. The number of benzene rings is 1. The highest BCUT2D eigenvalue weighted by molar-refractivity contribution is 6.30. The molecule has 96 valence electrons. The van der Waals surface area contributed by atoms with Crippen molar-refractivity contribution in [3.05, 3.63) is 29.3 Å². The maximum absolute atomic E-state index is 5.83. The molecule has 3 N–H and O–H groups in total. The van der Waals surface area contributed by atoms with Crippen LogP contribution in [-0.2, 0) is 4.74 Å². The minimum atomic E-state index is 0.317. The lowest BCUT2D eigenvalue weighted by Gasteiger charge is -2.02. The van der Waals surface area contributed by atoms with Gasteiger partial charge in [-0.2, -0.15) is 9.67 Å². The van der Waals surface area contributed by atoms with Crippen molar-refractivity contribution >= 4 is 23.5 Å². The van der Waals surface area contributed by atoms with Crippen LogP contribution in [0, 0.1) is 0 Å². The van der Waals surface area contributed by atoms with E-state index in [4.69, 9.17) is 22.1 Å². The molecule has 0 aliphatic heterocycles. The van der Waals surface area contributed by atoms with Gasteiger partial charge in [-0.15, -0.1) is 5.10 Å². The van der Waals surface area contributed by atoms with Gasteiger partial charge in [0.25, 0.3) is 0 Å². The fraction of sp³-hybridized carbons (Fsp3) is 0.273. The largest absolute Gasteiger partial charge is 0.383 e. The molecule has 0 spiro atoms. The number of hydrogen-bond acceptors (Lipinski definition) is 5. The van der Waals surface area contributed by atoms with Crippen LogP contribution in [0.2, 0.25) is 5.02 Å². The monoisotopic (exact) mass is 267 g/mol. The van der Waals surface area contributed by atoms with Gasteiger partial charge in [-0.05, 0) is 24.3 Å². The number of rotatable bonds is 5. The summed E-state index contributed by atoms with van der Waals surface area (Å²) in [6.45, 7) is 1.20. The van der Waals surface area contributed by atoms with Crippen LogP contribution in [0.5, 0.6) is 0 Å². The number of methoxy groups -OCH3 is 1. The van der Waals surface area contributed by atoms with Crippen molar-refractivity contribution < 1.29 is 4.74 Å². The van der Waals surface area contributed by atoms with Gasteiger partial charge in [0.15, 0.2) is 0 Å². The van der Waals surface area contributed by atoms with Crippen molar-refractivity contribution in [2.45, 2.75) is 0 Å². The van der Waals surface area contributed by atoms with Gasteiger partial charge in [-0.25, -0.2) is 0 Å². The molecule has 7 heteroatoms. The third-order valence-electron chi connectivity index (χ3n) is 2.29. The first-order valence-corrected chi connectivity index (χ1v) is 5.80.